The Balaban J connectivity index is 1.81. The van der Waals surface area contributed by atoms with Gasteiger partial charge >= 0.3 is 6.03 Å². The predicted molar refractivity (Wildman–Crippen MR) is 79.6 cm³/mol. The van der Waals surface area contributed by atoms with Crippen molar-refractivity contribution < 1.29 is 9.53 Å². The highest BCUT2D eigenvalue weighted by atomic mass is 16.5. The smallest absolute Gasteiger partial charge is 0.314 e. The van der Waals surface area contributed by atoms with Crippen LogP contribution in [0.5, 0.6) is 0 Å². The summed E-state index contributed by atoms with van der Waals surface area (Å²) in [6, 6.07) is 0.777. The first-order chi connectivity index (χ1) is 9.58. The molecule has 0 aliphatic carbocycles. The molecule has 0 aromatic carbocycles. The van der Waals surface area contributed by atoms with Crippen LogP contribution >= 0.6 is 0 Å². The number of amides is 2. The molecule has 2 fully saturated rings. The van der Waals surface area contributed by atoms with Crippen molar-refractivity contribution in [3.8, 4) is 0 Å². The second kappa shape index (κ2) is 6.76. The number of nitrogens with one attached hydrogen (secondary N) is 1. The Bertz CT molecular complexity index is 323. The Kier molecular flexibility index (Phi) is 5.27. The molecule has 2 saturated heterocycles. The average Bonchev–Trinajstić information content (AvgIpc) is 2.48. The Morgan fingerprint density at radius 2 is 1.90 bits per heavy atom. The van der Waals surface area contributed by atoms with Crippen molar-refractivity contribution in [2.24, 2.45) is 5.73 Å². The van der Waals surface area contributed by atoms with E-state index in [0.29, 0.717) is 12.1 Å². The zero-order valence-corrected chi connectivity index (χ0v) is 12.9. The highest BCUT2D eigenvalue weighted by Crippen LogP contribution is 2.31. The van der Waals surface area contributed by atoms with Crippen molar-refractivity contribution in [3.05, 3.63) is 0 Å². The normalized spacial score (nSPS) is 27.5. The van der Waals surface area contributed by atoms with Gasteiger partial charge in [0, 0.05) is 31.8 Å². The van der Waals surface area contributed by atoms with E-state index in [4.69, 9.17) is 10.5 Å². The molecule has 0 radical (unpaired) electrons. The number of carbonyl (C=O) groups is 1. The van der Waals surface area contributed by atoms with E-state index in [1.165, 1.54) is 0 Å². The first-order valence-corrected chi connectivity index (χ1v) is 8.03. The molecule has 20 heavy (non-hydrogen) atoms. The van der Waals surface area contributed by atoms with Gasteiger partial charge in [0.1, 0.15) is 0 Å². The lowest BCUT2D eigenvalue weighted by molar-refractivity contribution is -0.0945. The van der Waals surface area contributed by atoms with Crippen molar-refractivity contribution in [2.75, 3.05) is 19.7 Å². The van der Waals surface area contributed by atoms with E-state index in [-0.39, 0.29) is 11.6 Å². The quantitative estimate of drug-likeness (QED) is 0.827. The predicted octanol–water partition coefficient (Wildman–Crippen LogP) is 1.86. The van der Waals surface area contributed by atoms with Crippen molar-refractivity contribution in [3.63, 3.8) is 0 Å². The van der Waals surface area contributed by atoms with Crippen LogP contribution in [0.15, 0.2) is 0 Å². The third kappa shape index (κ3) is 3.64. The van der Waals surface area contributed by atoms with Crippen LogP contribution in [0.25, 0.3) is 0 Å². The van der Waals surface area contributed by atoms with Crippen molar-refractivity contribution in [1.29, 1.82) is 0 Å². The molecular formula is C15H29N3O2. The summed E-state index contributed by atoms with van der Waals surface area (Å²) in [5, 5.41) is 3.78. The average molecular weight is 283 g/mol. The number of ether oxygens (including phenoxy) is 1. The van der Waals surface area contributed by atoms with Gasteiger partial charge in [-0.05, 0) is 38.5 Å². The van der Waals surface area contributed by atoms with Gasteiger partial charge < -0.3 is 20.7 Å². The summed E-state index contributed by atoms with van der Waals surface area (Å²) in [6.07, 6.45) is 6.38. The number of likely N-dealkylation sites (tertiary alicyclic amines) is 1. The lowest BCUT2D eigenvalue weighted by Crippen LogP contribution is -2.53. The molecule has 2 heterocycles. The van der Waals surface area contributed by atoms with Crippen LogP contribution in [0.3, 0.4) is 0 Å². The molecule has 5 nitrogen and oxygen atoms in total. The number of urea groups is 1. The number of hydrogen-bond acceptors (Lipinski definition) is 3. The van der Waals surface area contributed by atoms with Gasteiger partial charge in [0.05, 0.1) is 5.60 Å². The second-order valence-corrected chi connectivity index (χ2v) is 6.19. The summed E-state index contributed by atoms with van der Waals surface area (Å²) in [7, 11) is 0. The molecule has 0 aromatic heterocycles. The zero-order valence-electron chi connectivity index (χ0n) is 12.9. The molecule has 0 saturated carbocycles. The van der Waals surface area contributed by atoms with E-state index in [0.717, 1.165) is 58.2 Å². The second-order valence-electron chi connectivity index (χ2n) is 6.19. The molecule has 0 spiro atoms. The molecule has 2 rings (SSSR count). The summed E-state index contributed by atoms with van der Waals surface area (Å²) in [4.78, 5) is 12.9. The third-order valence-corrected chi connectivity index (χ3v) is 5.06. The summed E-state index contributed by atoms with van der Waals surface area (Å²) in [5.74, 6) is 0. The SMILES string of the molecule is CCC1(CC)CC(NC2CCN(C(N)=O)CC2)CCO1. The molecule has 5 heteroatoms. The van der Waals surface area contributed by atoms with Crippen LogP contribution in [0.4, 0.5) is 4.79 Å². The number of nitrogens with zero attached hydrogens (tertiary/aromatic N) is 1. The number of nitrogens with two attached hydrogens (primary N) is 1. The lowest BCUT2D eigenvalue weighted by atomic mass is 9.85. The molecule has 2 amide bonds. The molecule has 3 N–H and O–H groups in total. The fraction of sp³-hybridized carbons (Fsp3) is 0.933. The van der Waals surface area contributed by atoms with Crippen LogP contribution in [0.2, 0.25) is 0 Å². The van der Waals surface area contributed by atoms with E-state index < -0.39 is 0 Å². The maximum atomic E-state index is 11.1. The van der Waals surface area contributed by atoms with Crippen LogP contribution in [-0.2, 0) is 4.74 Å². The maximum Gasteiger partial charge on any atom is 0.314 e. The molecule has 2 aliphatic rings. The number of primary amides is 1. The number of piperidine rings is 1. The molecule has 116 valence electrons. The van der Waals surface area contributed by atoms with E-state index in [2.05, 4.69) is 19.2 Å². The Labute approximate surface area is 122 Å². The fourth-order valence-corrected chi connectivity index (χ4v) is 3.51. The lowest BCUT2D eigenvalue weighted by Gasteiger charge is -2.42. The van der Waals surface area contributed by atoms with Gasteiger partial charge in [0.25, 0.3) is 0 Å². The van der Waals surface area contributed by atoms with Crippen molar-refractivity contribution in [1.82, 2.24) is 10.2 Å². The molecule has 1 atom stereocenters. The van der Waals surface area contributed by atoms with E-state index >= 15 is 0 Å². The largest absolute Gasteiger partial charge is 0.375 e. The minimum Gasteiger partial charge on any atom is -0.375 e. The molecule has 0 bridgehead atoms. The molecule has 1 unspecified atom stereocenters. The third-order valence-electron chi connectivity index (χ3n) is 5.06. The minimum atomic E-state index is -0.287. The number of rotatable bonds is 4. The summed E-state index contributed by atoms with van der Waals surface area (Å²) in [6.45, 7) is 6.86. The first-order valence-electron chi connectivity index (χ1n) is 8.03. The fourth-order valence-electron chi connectivity index (χ4n) is 3.51. The first kappa shape index (κ1) is 15.6. The van der Waals surface area contributed by atoms with Crippen LogP contribution < -0.4 is 11.1 Å². The number of hydrogen-bond donors (Lipinski definition) is 2. The van der Waals surface area contributed by atoms with Crippen molar-refractivity contribution >= 4 is 6.03 Å². The van der Waals surface area contributed by atoms with E-state index in [9.17, 15) is 4.79 Å². The maximum absolute atomic E-state index is 11.1. The van der Waals surface area contributed by atoms with Crippen molar-refractivity contribution in [2.45, 2.75) is 70.1 Å². The highest BCUT2D eigenvalue weighted by Gasteiger charge is 2.35. The van der Waals surface area contributed by atoms with Gasteiger partial charge in [-0.15, -0.1) is 0 Å². The van der Waals surface area contributed by atoms with Gasteiger partial charge in [-0.2, -0.15) is 0 Å². The van der Waals surface area contributed by atoms with Gasteiger partial charge in [-0.3, -0.25) is 0 Å². The topological polar surface area (TPSA) is 67.6 Å². The summed E-state index contributed by atoms with van der Waals surface area (Å²) < 4.78 is 6.02. The Morgan fingerprint density at radius 3 is 2.45 bits per heavy atom. The Hall–Kier alpha value is -0.810. The Morgan fingerprint density at radius 1 is 1.25 bits per heavy atom. The van der Waals surface area contributed by atoms with Crippen LogP contribution in [-0.4, -0.2) is 48.3 Å². The van der Waals surface area contributed by atoms with Crippen LogP contribution in [0.1, 0.15) is 52.4 Å². The summed E-state index contributed by atoms with van der Waals surface area (Å²) >= 11 is 0. The van der Waals surface area contributed by atoms with Crippen LogP contribution in [0, 0.1) is 0 Å². The van der Waals surface area contributed by atoms with Gasteiger partial charge in [-0.1, -0.05) is 13.8 Å². The molecule has 0 aromatic rings. The standard InChI is InChI=1S/C15H29N3O2/c1-3-15(4-2)11-13(7-10-20-15)17-12-5-8-18(9-6-12)14(16)19/h12-13,17H,3-11H2,1-2H3,(H2,16,19). The van der Waals surface area contributed by atoms with E-state index in [1.54, 1.807) is 4.90 Å². The molecular weight excluding hydrogens is 254 g/mol. The monoisotopic (exact) mass is 283 g/mol. The zero-order chi connectivity index (χ0) is 14.6. The minimum absolute atomic E-state index is 0.0733. The molecule has 2 aliphatic heterocycles. The van der Waals surface area contributed by atoms with E-state index in [1.807, 2.05) is 0 Å². The van der Waals surface area contributed by atoms with Gasteiger partial charge in [-0.25, -0.2) is 4.79 Å². The number of carbonyl (C=O) groups excluding carboxylic acids is 1. The summed E-state index contributed by atoms with van der Waals surface area (Å²) in [5.41, 5.74) is 5.39. The van der Waals surface area contributed by atoms with Gasteiger partial charge in [0.15, 0.2) is 0 Å². The highest BCUT2D eigenvalue weighted by molar-refractivity contribution is 5.72. The van der Waals surface area contributed by atoms with Gasteiger partial charge in [0.2, 0.25) is 0 Å².